The number of hydrogen-bond acceptors (Lipinski definition) is 7. The number of fused-ring (bicyclic) bond motifs is 1. The number of aryl methyl sites for hydroxylation is 2. The van der Waals surface area contributed by atoms with Crippen LogP contribution in [0.25, 0.3) is 16.0 Å². The molecule has 1 N–H and O–H groups in total. The van der Waals surface area contributed by atoms with Gasteiger partial charge in [0.25, 0.3) is 5.78 Å². The highest BCUT2D eigenvalue weighted by molar-refractivity contribution is 7.22. The maximum absolute atomic E-state index is 13.5. The smallest absolute Gasteiger partial charge is 0.301 e. The number of amides is 1. The molecule has 1 saturated heterocycles. The van der Waals surface area contributed by atoms with Crippen LogP contribution in [0.3, 0.4) is 0 Å². The summed E-state index contributed by atoms with van der Waals surface area (Å²) in [5.41, 5.74) is 3.84. The number of Topliss-reactive ketones (excluding diaryl/α,β-unsaturated/α-hetero) is 1. The number of benzene rings is 3. The van der Waals surface area contributed by atoms with Gasteiger partial charge in [-0.05, 0) is 56.2 Å². The Morgan fingerprint density at radius 1 is 1.00 bits per heavy atom. The van der Waals surface area contributed by atoms with E-state index >= 15 is 0 Å². The fourth-order valence-corrected chi connectivity index (χ4v) is 5.55. The van der Waals surface area contributed by atoms with Gasteiger partial charge in [0.2, 0.25) is 0 Å². The summed E-state index contributed by atoms with van der Waals surface area (Å²) in [7, 11) is 1.53. The maximum Gasteiger partial charge on any atom is 0.301 e. The minimum Gasteiger partial charge on any atom is -0.507 e. The molecule has 0 saturated carbocycles. The Hall–Kier alpha value is -4.17. The van der Waals surface area contributed by atoms with Crippen molar-refractivity contribution in [2.24, 2.45) is 0 Å². The minimum absolute atomic E-state index is 0.00416. The van der Waals surface area contributed by atoms with E-state index in [9.17, 15) is 14.7 Å². The van der Waals surface area contributed by atoms with Gasteiger partial charge in [0.05, 0.1) is 35.5 Å². The molecule has 2 heterocycles. The van der Waals surface area contributed by atoms with Crippen molar-refractivity contribution in [3.8, 4) is 11.5 Å². The first-order valence-corrected chi connectivity index (χ1v) is 12.7. The molecule has 5 rings (SSSR count). The molecule has 1 aromatic heterocycles. The van der Waals surface area contributed by atoms with E-state index in [2.05, 4.69) is 4.98 Å². The number of methoxy groups -OCH3 is 1. The van der Waals surface area contributed by atoms with Crippen molar-refractivity contribution in [3.63, 3.8) is 0 Å². The lowest BCUT2D eigenvalue weighted by Gasteiger charge is -2.24. The number of carbonyl (C=O) groups is 2. The first-order valence-electron chi connectivity index (χ1n) is 11.9. The third kappa shape index (κ3) is 4.34. The molecule has 0 radical (unpaired) electrons. The molecule has 1 fully saturated rings. The van der Waals surface area contributed by atoms with Crippen LogP contribution in [-0.2, 0) is 9.59 Å². The molecule has 7 nitrogen and oxygen atoms in total. The molecule has 3 aromatic carbocycles. The van der Waals surface area contributed by atoms with Crippen LogP contribution in [-0.4, -0.2) is 35.5 Å². The van der Waals surface area contributed by atoms with E-state index in [1.165, 1.54) is 23.3 Å². The van der Waals surface area contributed by atoms with Crippen LogP contribution in [0, 0.1) is 13.8 Å². The Kier molecular flexibility index (Phi) is 6.43. The lowest BCUT2D eigenvalue weighted by molar-refractivity contribution is -0.132. The number of thiazole rings is 1. The van der Waals surface area contributed by atoms with Gasteiger partial charge in [-0.1, -0.05) is 53.3 Å². The summed E-state index contributed by atoms with van der Waals surface area (Å²) in [6, 6.07) is 17.3. The fraction of sp³-hybridized carbons (Fsp3) is 0.207. The van der Waals surface area contributed by atoms with Crippen molar-refractivity contribution in [2.45, 2.75) is 26.8 Å². The quantitative estimate of drug-likeness (QED) is 0.194. The Balaban J connectivity index is 1.73. The van der Waals surface area contributed by atoms with E-state index in [1.807, 2.05) is 51.1 Å². The largest absolute Gasteiger partial charge is 0.507 e. The molecule has 0 aliphatic carbocycles. The van der Waals surface area contributed by atoms with Gasteiger partial charge in [-0.25, -0.2) is 4.98 Å². The highest BCUT2D eigenvalue weighted by Gasteiger charge is 2.48. The molecule has 188 valence electrons. The first kappa shape index (κ1) is 24.5. The van der Waals surface area contributed by atoms with Gasteiger partial charge >= 0.3 is 5.91 Å². The average Bonchev–Trinajstić information content (AvgIpc) is 3.42. The Bertz CT molecular complexity index is 1550. The molecule has 1 aliphatic rings. The van der Waals surface area contributed by atoms with E-state index < -0.39 is 17.7 Å². The van der Waals surface area contributed by atoms with Crippen LogP contribution in [0.1, 0.15) is 35.2 Å². The predicted octanol–water partition coefficient (Wildman–Crippen LogP) is 5.95. The third-order valence-electron chi connectivity index (χ3n) is 6.31. The molecule has 4 aromatic rings. The van der Waals surface area contributed by atoms with Gasteiger partial charge in [-0.2, -0.15) is 0 Å². The summed E-state index contributed by atoms with van der Waals surface area (Å²) >= 11 is 1.33. The zero-order chi connectivity index (χ0) is 26.3. The molecule has 1 unspecified atom stereocenters. The molecule has 1 atom stereocenters. The molecule has 37 heavy (non-hydrogen) atoms. The van der Waals surface area contributed by atoms with Gasteiger partial charge in [0.1, 0.15) is 5.76 Å². The Morgan fingerprint density at radius 3 is 2.43 bits per heavy atom. The van der Waals surface area contributed by atoms with Crippen molar-refractivity contribution < 1.29 is 24.2 Å². The lowest BCUT2D eigenvalue weighted by Crippen LogP contribution is -2.29. The SMILES string of the molecule is CCOc1ccc(C2C(=C(O)c3ccc(C)cc3)C(=O)C(=O)N2c2nc3ccc(C)cc3s2)cc1OC. The van der Waals surface area contributed by atoms with E-state index in [1.54, 1.807) is 30.3 Å². The normalized spacial score (nSPS) is 17.0. The topological polar surface area (TPSA) is 89.0 Å². The van der Waals surface area contributed by atoms with E-state index in [-0.39, 0.29) is 11.3 Å². The van der Waals surface area contributed by atoms with Crippen molar-refractivity contribution in [1.82, 2.24) is 4.98 Å². The zero-order valence-corrected chi connectivity index (χ0v) is 21.8. The fourth-order valence-electron chi connectivity index (χ4n) is 4.46. The number of aromatic nitrogens is 1. The van der Waals surface area contributed by atoms with Gasteiger partial charge in [0.15, 0.2) is 16.6 Å². The van der Waals surface area contributed by atoms with Crippen LogP contribution >= 0.6 is 11.3 Å². The Labute approximate surface area is 218 Å². The van der Waals surface area contributed by atoms with Crippen LogP contribution in [0.2, 0.25) is 0 Å². The monoisotopic (exact) mass is 514 g/mol. The lowest BCUT2D eigenvalue weighted by atomic mass is 9.95. The average molecular weight is 515 g/mol. The molecule has 1 amide bonds. The minimum atomic E-state index is -0.910. The van der Waals surface area contributed by atoms with E-state index in [0.717, 1.165) is 21.3 Å². The van der Waals surface area contributed by atoms with Gasteiger partial charge in [-0.15, -0.1) is 0 Å². The number of hydrogen-bond donors (Lipinski definition) is 1. The number of aliphatic hydroxyl groups excluding tert-OH is 1. The molecule has 1 aliphatic heterocycles. The number of carbonyl (C=O) groups excluding carboxylic acids is 2. The maximum atomic E-state index is 13.5. The van der Waals surface area contributed by atoms with Crippen molar-refractivity contribution in [2.75, 3.05) is 18.6 Å². The van der Waals surface area contributed by atoms with E-state index in [0.29, 0.717) is 34.4 Å². The van der Waals surface area contributed by atoms with Crippen molar-refractivity contribution in [1.29, 1.82) is 0 Å². The summed E-state index contributed by atoms with van der Waals surface area (Å²) in [6.07, 6.45) is 0. The second-order valence-electron chi connectivity index (χ2n) is 8.85. The number of aliphatic hydroxyl groups is 1. The molecular weight excluding hydrogens is 488 g/mol. The summed E-state index contributed by atoms with van der Waals surface area (Å²) < 4.78 is 12.1. The van der Waals surface area contributed by atoms with E-state index in [4.69, 9.17) is 9.47 Å². The summed E-state index contributed by atoms with van der Waals surface area (Å²) in [6.45, 7) is 6.24. The first-order chi connectivity index (χ1) is 17.8. The predicted molar refractivity (Wildman–Crippen MR) is 144 cm³/mol. The van der Waals surface area contributed by atoms with Crippen LogP contribution in [0.15, 0.2) is 66.2 Å². The summed E-state index contributed by atoms with van der Waals surface area (Å²) in [4.78, 5) is 33.0. The van der Waals surface area contributed by atoms with Crippen LogP contribution < -0.4 is 14.4 Å². The molecule has 0 bridgehead atoms. The van der Waals surface area contributed by atoms with Crippen LogP contribution in [0.5, 0.6) is 11.5 Å². The van der Waals surface area contributed by atoms with Crippen molar-refractivity contribution in [3.05, 3.63) is 88.5 Å². The number of rotatable bonds is 6. The molecule has 8 heteroatoms. The van der Waals surface area contributed by atoms with Crippen LogP contribution in [0.4, 0.5) is 5.13 Å². The number of ether oxygens (including phenoxy) is 2. The molecular formula is C29H26N2O5S. The standard InChI is InChI=1S/C29H26N2O5S/c1-5-36-21-13-11-19(15-22(21)35-4)25-24(26(32)18-9-6-16(2)7-10-18)27(33)28(34)31(25)29-30-20-12-8-17(3)14-23(20)37-29/h6-15,25,32H,5H2,1-4H3. The van der Waals surface area contributed by atoms with Gasteiger partial charge in [0, 0.05) is 5.56 Å². The zero-order valence-electron chi connectivity index (χ0n) is 20.9. The molecule has 0 spiro atoms. The summed E-state index contributed by atoms with van der Waals surface area (Å²) in [5, 5.41) is 11.7. The van der Waals surface area contributed by atoms with Crippen molar-refractivity contribution >= 4 is 44.1 Å². The second-order valence-corrected chi connectivity index (χ2v) is 9.86. The Morgan fingerprint density at radius 2 is 1.73 bits per heavy atom. The number of anilines is 1. The third-order valence-corrected chi connectivity index (χ3v) is 7.33. The number of ketones is 1. The van der Waals surface area contributed by atoms with Gasteiger partial charge < -0.3 is 14.6 Å². The number of nitrogens with zero attached hydrogens (tertiary/aromatic N) is 2. The highest BCUT2D eigenvalue weighted by Crippen LogP contribution is 2.46. The summed E-state index contributed by atoms with van der Waals surface area (Å²) in [5.74, 6) is -0.760. The highest BCUT2D eigenvalue weighted by atomic mass is 32.1. The van der Waals surface area contributed by atoms with Gasteiger partial charge in [-0.3, -0.25) is 14.5 Å². The second kappa shape index (κ2) is 9.71.